The SMILES string of the molecule is C=N/C=C(/O)C=NCCN(CCNC)C(=O)c1noc(-c2cc(Cl)c(O)cc2O)c1-c1ccc(OC)cc1.NC=O. The number of amides is 2. The van der Waals surface area contributed by atoms with Gasteiger partial charge in [-0.15, -0.1) is 0 Å². The van der Waals surface area contributed by atoms with Gasteiger partial charge in [0, 0.05) is 25.7 Å². The fourth-order valence-electron chi connectivity index (χ4n) is 3.55. The zero-order valence-corrected chi connectivity index (χ0v) is 23.2. The van der Waals surface area contributed by atoms with E-state index in [9.17, 15) is 20.1 Å². The zero-order valence-electron chi connectivity index (χ0n) is 22.5. The molecule has 0 bridgehead atoms. The molecular formula is C27H31ClN6O7. The van der Waals surface area contributed by atoms with Crippen molar-refractivity contribution in [1.82, 2.24) is 15.4 Å². The van der Waals surface area contributed by atoms with Gasteiger partial charge >= 0.3 is 0 Å². The molecule has 0 saturated carbocycles. The Bertz CT molecular complexity index is 1390. The van der Waals surface area contributed by atoms with Gasteiger partial charge in [0.2, 0.25) is 6.41 Å². The second kappa shape index (κ2) is 16.3. The van der Waals surface area contributed by atoms with E-state index in [1.807, 2.05) is 0 Å². The minimum atomic E-state index is -0.437. The Morgan fingerprint density at radius 2 is 1.93 bits per heavy atom. The number of hydrogen-bond acceptors (Lipinski definition) is 11. The summed E-state index contributed by atoms with van der Waals surface area (Å²) in [5, 5.41) is 37.1. The number of aliphatic imine (C=N–C) groups is 2. The molecule has 0 atom stereocenters. The number of primary amides is 1. The molecule has 3 aromatic rings. The predicted octanol–water partition coefficient (Wildman–Crippen LogP) is 3.02. The highest BCUT2D eigenvalue weighted by Gasteiger charge is 2.29. The molecule has 0 spiro atoms. The largest absolute Gasteiger partial charge is 0.507 e. The number of aromatic hydroxyl groups is 2. The molecule has 41 heavy (non-hydrogen) atoms. The Kier molecular flexibility index (Phi) is 12.8. The number of methoxy groups -OCH3 is 1. The number of phenols is 2. The van der Waals surface area contributed by atoms with E-state index in [4.69, 9.17) is 25.7 Å². The Balaban J connectivity index is 0.00000187. The van der Waals surface area contributed by atoms with Crippen LogP contribution in [0.2, 0.25) is 5.02 Å². The fourth-order valence-corrected chi connectivity index (χ4v) is 3.72. The topological polar surface area (TPSA) is 196 Å². The van der Waals surface area contributed by atoms with Crippen LogP contribution in [0.1, 0.15) is 10.5 Å². The number of nitrogens with one attached hydrogen (secondary N) is 1. The van der Waals surface area contributed by atoms with Crippen LogP contribution in [-0.2, 0) is 4.79 Å². The van der Waals surface area contributed by atoms with Crippen molar-refractivity contribution < 1.29 is 34.2 Å². The highest BCUT2D eigenvalue weighted by Crippen LogP contribution is 2.43. The molecule has 0 aliphatic heterocycles. The number of nitrogens with two attached hydrogens (primary N) is 1. The van der Waals surface area contributed by atoms with E-state index in [0.717, 1.165) is 12.3 Å². The molecule has 0 aliphatic rings. The molecule has 13 nitrogen and oxygen atoms in total. The number of allylic oxidation sites excluding steroid dienone is 1. The smallest absolute Gasteiger partial charge is 0.276 e. The summed E-state index contributed by atoms with van der Waals surface area (Å²) in [4.78, 5) is 31.4. The van der Waals surface area contributed by atoms with Crippen molar-refractivity contribution in [3.8, 4) is 39.7 Å². The van der Waals surface area contributed by atoms with E-state index >= 15 is 0 Å². The molecule has 1 heterocycles. The highest BCUT2D eigenvalue weighted by atomic mass is 35.5. The summed E-state index contributed by atoms with van der Waals surface area (Å²) in [6.07, 6.45) is 2.63. The van der Waals surface area contributed by atoms with Crippen LogP contribution >= 0.6 is 11.6 Å². The first-order valence-electron chi connectivity index (χ1n) is 12.0. The predicted molar refractivity (Wildman–Crippen MR) is 156 cm³/mol. The van der Waals surface area contributed by atoms with Crippen LogP contribution in [0.15, 0.2) is 62.9 Å². The lowest BCUT2D eigenvalue weighted by molar-refractivity contribution is -0.106. The van der Waals surface area contributed by atoms with E-state index in [1.165, 1.54) is 19.4 Å². The van der Waals surface area contributed by atoms with E-state index < -0.39 is 5.91 Å². The van der Waals surface area contributed by atoms with E-state index in [2.05, 4.69) is 32.9 Å². The average molecular weight is 587 g/mol. The zero-order chi connectivity index (χ0) is 30.4. The summed E-state index contributed by atoms with van der Waals surface area (Å²) in [7, 11) is 3.30. The van der Waals surface area contributed by atoms with Crippen molar-refractivity contribution in [2.24, 2.45) is 15.7 Å². The monoisotopic (exact) mass is 586 g/mol. The van der Waals surface area contributed by atoms with Gasteiger partial charge in [0.25, 0.3) is 5.91 Å². The molecule has 2 aromatic carbocycles. The maximum Gasteiger partial charge on any atom is 0.276 e. The second-order valence-corrected chi connectivity index (χ2v) is 8.50. The maximum absolute atomic E-state index is 13.7. The Morgan fingerprint density at radius 3 is 2.54 bits per heavy atom. The van der Waals surface area contributed by atoms with Gasteiger partial charge in [0.1, 0.15) is 17.2 Å². The number of aliphatic hydroxyl groups excluding tert-OH is 1. The van der Waals surface area contributed by atoms with Crippen molar-refractivity contribution in [3.63, 3.8) is 0 Å². The Labute approximate surface area is 241 Å². The average Bonchev–Trinajstić information content (AvgIpc) is 3.39. The van der Waals surface area contributed by atoms with Crippen LogP contribution in [0.5, 0.6) is 17.2 Å². The molecule has 1 aromatic heterocycles. The molecule has 14 heteroatoms. The number of carbonyl (C=O) groups excluding carboxylic acids is 2. The minimum absolute atomic E-state index is 0.00690. The second-order valence-electron chi connectivity index (χ2n) is 8.09. The van der Waals surface area contributed by atoms with E-state index in [-0.39, 0.29) is 58.8 Å². The minimum Gasteiger partial charge on any atom is -0.507 e. The highest BCUT2D eigenvalue weighted by molar-refractivity contribution is 6.32. The summed E-state index contributed by atoms with van der Waals surface area (Å²) >= 11 is 6.10. The van der Waals surface area contributed by atoms with Crippen LogP contribution in [0.25, 0.3) is 22.5 Å². The van der Waals surface area contributed by atoms with Gasteiger partial charge in [-0.05, 0) is 37.5 Å². The number of ether oxygens (including phenoxy) is 1. The van der Waals surface area contributed by atoms with Crippen molar-refractivity contribution in [2.45, 2.75) is 0 Å². The molecule has 218 valence electrons. The number of nitrogens with zero attached hydrogens (tertiary/aromatic N) is 4. The number of aliphatic hydroxyl groups is 1. The standard InChI is InChI=1S/C26H28ClN5O6.CH3NO/c1-28-8-10-32(11-9-30-15-17(33)14-29-2)26(36)24-23(16-4-6-18(37-3)7-5-16)25(38-31-24)19-12-20(27)22(35)13-21(19)34;2-1-3/h4-7,12-15,28,33-35H,2,8-11H2,1,3H3;1H,(H2,2,3)/b17-14+,30-15?;. The van der Waals surface area contributed by atoms with Gasteiger partial charge in [0.15, 0.2) is 17.2 Å². The van der Waals surface area contributed by atoms with Crippen LogP contribution in [0.3, 0.4) is 0 Å². The first kappa shape index (κ1) is 32.3. The van der Waals surface area contributed by atoms with Crippen molar-refractivity contribution in [1.29, 1.82) is 0 Å². The fraction of sp³-hybridized carbons (Fsp3) is 0.222. The third-order valence-electron chi connectivity index (χ3n) is 5.45. The number of hydrogen-bond donors (Lipinski definition) is 5. The van der Waals surface area contributed by atoms with E-state index in [0.29, 0.717) is 30.0 Å². The summed E-state index contributed by atoms with van der Waals surface area (Å²) in [5.74, 6) is -0.515. The van der Waals surface area contributed by atoms with E-state index in [1.54, 1.807) is 36.2 Å². The van der Waals surface area contributed by atoms with Gasteiger partial charge in [-0.2, -0.15) is 0 Å². The van der Waals surface area contributed by atoms with Crippen molar-refractivity contribution in [2.75, 3.05) is 40.3 Å². The number of carbonyl (C=O) groups is 2. The first-order valence-corrected chi connectivity index (χ1v) is 12.4. The molecule has 0 aliphatic carbocycles. The normalized spacial score (nSPS) is 11.0. The van der Waals surface area contributed by atoms with Gasteiger partial charge in [0.05, 0.1) is 42.2 Å². The lowest BCUT2D eigenvalue weighted by atomic mass is 9.98. The third kappa shape index (κ3) is 8.81. The number of benzene rings is 2. The molecule has 0 saturated heterocycles. The number of phenolic OH excluding ortho intramolecular Hbond substituents is 2. The number of rotatable bonds is 12. The molecule has 0 unspecified atom stereocenters. The van der Waals surface area contributed by atoms with Gasteiger partial charge < -0.3 is 40.5 Å². The maximum atomic E-state index is 13.7. The van der Waals surface area contributed by atoms with Crippen LogP contribution in [-0.4, -0.2) is 91.0 Å². The number of aromatic nitrogens is 1. The summed E-state index contributed by atoms with van der Waals surface area (Å²) < 4.78 is 10.8. The molecular weight excluding hydrogens is 556 g/mol. The van der Waals surface area contributed by atoms with Gasteiger partial charge in [-0.25, -0.2) is 0 Å². The molecule has 6 N–H and O–H groups in total. The lowest BCUT2D eigenvalue weighted by Crippen LogP contribution is -2.38. The number of halogens is 1. The summed E-state index contributed by atoms with van der Waals surface area (Å²) in [6.45, 7) is 4.51. The Hall–Kier alpha value is -4.88. The third-order valence-corrected chi connectivity index (χ3v) is 5.75. The van der Waals surface area contributed by atoms with Crippen LogP contribution < -0.4 is 15.8 Å². The Morgan fingerprint density at radius 1 is 1.24 bits per heavy atom. The summed E-state index contributed by atoms with van der Waals surface area (Å²) in [5.41, 5.74) is 5.22. The molecule has 0 fully saturated rings. The van der Waals surface area contributed by atoms with Gasteiger partial charge in [-0.1, -0.05) is 28.9 Å². The summed E-state index contributed by atoms with van der Waals surface area (Å²) in [6, 6.07) is 9.32. The van der Waals surface area contributed by atoms with Crippen LogP contribution in [0.4, 0.5) is 0 Å². The van der Waals surface area contributed by atoms with Crippen LogP contribution in [0, 0.1) is 0 Å². The quantitative estimate of drug-likeness (QED) is 0.120. The first-order chi connectivity index (χ1) is 19.7. The van der Waals surface area contributed by atoms with Crippen molar-refractivity contribution >= 4 is 36.9 Å². The number of likely N-dealkylation sites (N-methyl/N-ethyl adjacent to an activating group) is 1. The van der Waals surface area contributed by atoms with Gasteiger partial charge in [-0.3, -0.25) is 19.6 Å². The molecule has 0 radical (unpaired) electrons. The molecule has 3 rings (SSSR count). The lowest BCUT2D eigenvalue weighted by Gasteiger charge is -2.21. The molecule has 2 amide bonds. The van der Waals surface area contributed by atoms with Crippen molar-refractivity contribution in [3.05, 3.63) is 59.1 Å².